The van der Waals surface area contributed by atoms with Crippen LogP contribution in [0.15, 0.2) is 49.6 Å². The molecule has 1 atom stereocenters. The maximum atomic E-state index is 13.0. The molecule has 2 rings (SSSR count). The topological polar surface area (TPSA) is 139 Å². The molecule has 1 amide bonds. The van der Waals surface area contributed by atoms with Crippen LogP contribution in [-0.4, -0.2) is 140 Å². The van der Waals surface area contributed by atoms with E-state index in [2.05, 4.69) is 18.1 Å². The lowest BCUT2D eigenvalue weighted by atomic mass is 9.92. The van der Waals surface area contributed by atoms with Gasteiger partial charge in [-0.05, 0) is 19.4 Å². The smallest absolute Gasteiger partial charge is 0.330 e. The van der Waals surface area contributed by atoms with E-state index in [9.17, 15) is 19.2 Å². The molecule has 1 aromatic carbocycles. The summed E-state index contributed by atoms with van der Waals surface area (Å²) in [6.45, 7) is 15.1. The number of rotatable bonds is 24. The summed E-state index contributed by atoms with van der Waals surface area (Å²) in [7, 11) is 1.54. The Balaban J connectivity index is 1.72. The Kier molecular flexibility index (Phi) is 19.3. The predicted molar refractivity (Wildman–Crippen MR) is 177 cm³/mol. The van der Waals surface area contributed by atoms with Gasteiger partial charge in [0.25, 0.3) is 0 Å². The fourth-order valence-electron chi connectivity index (χ4n) is 4.94. The number of piperazine rings is 1. The summed E-state index contributed by atoms with van der Waals surface area (Å²) in [6.07, 6.45) is 2.38. The Hall–Kier alpha value is -3.62. The largest absolute Gasteiger partial charge is 0.463 e. The number of amides is 1. The van der Waals surface area contributed by atoms with E-state index in [4.69, 9.17) is 33.2 Å². The first-order valence-electron chi connectivity index (χ1n) is 16.2. The van der Waals surface area contributed by atoms with Crippen molar-refractivity contribution >= 4 is 23.8 Å². The van der Waals surface area contributed by atoms with Gasteiger partial charge in [-0.1, -0.05) is 43.0 Å². The third kappa shape index (κ3) is 15.5. The second kappa shape index (κ2) is 22.9. The first kappa shape index (κ1) is 40.6. The van der Waals surface area contributed by atoms with Gasteiger partial charge in [0.15, 0.2) is 0 Å². The molecule has 13 nitrogen and oxygen atoms in total. The normalized spacial score (nSPS) is 14.2. The summed E-state index contributed by atoms with van der Waals surface area (Å²) in [6, 6.07) is 8.06. The van der Waals surface area contributed by atoms with Crippen molar-refractivity contribution in [1.82, 2.24) is 9.80 Å². The predicted octanol–water partition coefficient (Wildman–Crippen LogP) is 2.32. The van der Waals surface area contributed by atoms with E-state index >= 15 is 0 Å². The van der Waals surface area contributed by atoms with Gasteiger partial charge in [0.2, 0.25) is 5.91 Å². The van der Waals surface area contributed by atoms with Gasteiger partial charge in [0.05, 0.1) is 64.0 Å². The minimum absolute atomic E-state index is 0.0458. The summed E-state index contributed by atoms with van der Waals surface area (Å²) in [4.78, 5) is 52.0. The molecule has 0 bridgehead atoms. The lowest BCUT2D eigenvalue weighted by Crippen LogP contribution is -2.50. The van der Waals surface area contributed by atoms with Crippen LogP contribution in [-0.2, 0) is 52.3 Å². The van der Waals surface area contributed by atoms with Crippen LogP contribution in [0.3, 0.4) is 0 Å². The molecule has 13 heteroatoms. The van der Waals surface area contributed by atoms with E-state index in [1.807, 2.05) is 43.0 Å². The third-order valence-electron chi connectivity index (χ3n) is 7.71. The second-order valence-corrected chi connectivity index (χ2v) is 11.6. The van der Waals surface area contributed by atoms with Crippen molar-refractivity contribution in [3.05, 3.63) is 60.7 Å². The minimum atomic E-state index is -0.745. The highest BCUT2D eigenvalue weighted by atomic mass is 16.6. The van der Waals surface area contributed by atoms with Crippen LogP contribution in [0, 0.1) is 12.3 Å². The van der Waals surface area contributed by atoms with E-state index in [-0.39, 0.29) is 90.3 Å². The van der Waals surface area contributed by atoms with Crippen LogP contribution in [0.2, 0.25) is 0 Å². The standard InChI is InChI=1S/C35H52N2O11/c1-6-31(38)46-21-18-43-25-35(24-42-5,26-44-19-22-47-32(39)7-2)27-45-20-23-48-33(40)12-13-36-14-16-37(17-15-36)34(41)29(4)30-10-8-28(3)9-11-30/h6-11,29H,1-2,12-27H2,3-5H3. The van der Waals surface area contributed by atoms with Crippen LogP contribution in [0.25, 0.3) is 0 Å². The molecule has 0 aromatic heterocycles. The minimum Gasteiger partial charge on any atom is -0.463 e. The maximum Gasteiger partial charge on any atom is 0.330 e. The summed E-state index contributed by atoms with van der Waals surface area (Å²) in [5.41, 5.74) is 1.43. The van der Waals surface area contributed by atoms with E-state index in [1.54, 1.807) is 0 Å². The number of aryl methyl sites for hydroxylation is 1. The zero-order chi connectivity index (χ0) is 35.2. The lowest BCUT2D eigenvalue weighted by molar-refractivity contribution is -0.148. The first-order chi connectivity index (χ1) is 23.1. The molecule has 1 fully saturated rings. The molecule has 1 saturated heterocycles. The van der Waals surface area contributed by atoms with Crippen LogP contribution < -0.4 is 0 Å². The number of nitrogens with zero attached hydrogens (tertiary/aromatic N) is 2. The van der Waals surface area contributed by atoms with Crippen molar-refractivity contribution < 1.29 is 52.3 Å². The fourth-order valence-corrected chi connectivity index (χ4v) is 4.94. The molecule has 1 unspecified atom stereocenters. The highest BCUT2D eigenvalue weighted by Gasteiger charge is 2.32. The first-order valence-corrected chi connectivity index (χ1v) is 16.2. The molecule has 48 heavy (non-hydrogen) atoms. The number of hydrogen-bond donors (Lipinski definition) is 0. The molecule has 0 aliphatic carbocycles. The molecule has 1 heterocycles. The van der Waals surface area contributed by atoms with Gasteiger partial charge in [-0.25, -0.2) is 9.59 Å². The van der Waals surface area contributed by atoms with E-state index in [0.29, 0.717) is 32.7 Å². The van der Waals surface area contributed by atoms with Gasteiger partial charge >= 0.3 is 17.9 Å². The van der Waals surface area contributed by atoms with Crippen LogP contribution in [0.5, 0.6) is 0 Å². The Labute approximate surface area is 284 Å². The van der Waals surface area contributed by atoms with Crippen LogP contribution in [0.4, 0.5) is 0 Å². The average Bonchev–Trinajstić information content (AvgIpc) is 3.10. The molecule has 1 aliphatic rings. The molecule has 1 aliphatic heterocycles. The Bertz CT molecular complexity index is 1120. The molecule has 0 N–H and O–H groups in total. The number of hydrogen-bond acceptors (Lipinski definition) is 12. The van der Waals surface area contributed by atoms with Crippen LogP contribution >= 0.6 is 0 Å². The van der Waals surface area contributed by atoms with Crippen molar-refractivity contribution in [2.75, 3.05) is 106 Å². The van der Waals surface area contributed by atoms with Crippen LogP contribution in [0.1, 0.15) is 30.4 Å². The number of esters is 3. The van der Waals surface area contributed by atoms with E-state index in [0.717, 1.165) is 23.3 Å². The van der Waals surface area contributed by atoms with Gasteiger partial charge in [0, 0.05) is 52.0 Å². The van der Waals surface area contributed by atoms with Gasteiger partial charge in [-0.2, -0.15) is 0 Å². The van der Waals surface area contributed by atoms with Gasteiger partial charge in [0.1, 0.15) is 19.8 Å². The molecule has 0 radical (unpaired) electrons. The lowest BCUT2D eigenvalue weighted by Gasteiger charge is -2.36. The number of carbonyl (C=O) groups is 4. The van der Waals surface area contributed by atoms with Gasteiger partial charge in [-0.3, -0.25) is 14.5 Å². The van der Waals surface area contributed by atoms with Crippen molar-refractivity contribution in [3.8, 4) is 0 Å². The Morgan fingerprint density at radius 3 is 1.75 bits per heavy atom. The molecule has 0 spiro atoms. The highest BCUT2D eigenvalue weighted by Crippen LogP contribution is 2.21. The number of carbonyl (C=O) groups excluding carboxylic acids is 4. The monoisotopic (exact) mass is 676 g/mol. The second-order valence-electron chi connectivity index (χ2n) is 11.6. The molecule has 1 aromatic rings. The maximum absolute atomic E-state index is 13.0. The van der Waals surface area contributed by atoms with Crippen molar-refractivity contribution in [2.45, 2.75) is 26.2 Å². The summed E-state index contributed by atoms with van der Waals surface area (Å²) in [5.74, 6) is -1.50. The number of benzene rings is 1. The number of methoxy groups -OCH3 is 1. The number of ether oxygens (including phenoxy) is 7. The van der Waals surface area contributed by atoms with Gasteiger partial charge < -0.3 is 38.1 Å². The Morgan fingerprint density at radius 2 is 1.27 bits per heavy atom. The van der Waals surface area contributed by atoms with Gasteiger partial charge in [-0.15, -0.1) is 0 Å². The molecular formula is C35H52N2O11. The van der Waals surface area contributed by atoms with Crippen molar-refractivity contribution in [2.24, 2.45) is 5.41 Å². The molecule has 0 saturated carbocycles. The highest BCUT2D eigenvalue weighted by molar-refractivity contribution is 5.83. The Morgan fingerprint density at radius 1 is 0.771 bits per heavy atom. The third-order valence-corrected chi connectivity index (χ3v) is 7.71. The van der Waals surface area contributed by atoms with E-state index < -0.39 is 17.4 Å². The van der Waals surface area contributed by atoms with Crippen molar-refractivity contribution in [1.29, 1.82) is 0 Å². The summed E-state index contributed by atoms with van der Waals surface area (Å²) < 4.78 is 38.0. The quantitative estimate of drug-likeness (QED) is 0.0687. The average molecular weight is 677 g/mol. The van der Waals surface area contributed by atoms with Crippen molar-refractivity contribution in [3.63, 3.8) is 0 Å². The zero-order valence-corrected chi connectivity index (χ0v) is 28.7. The summed E-state index contributed by atoms with van der Waals surface area (Å²) in [5, 5.41) is 0. The fraction of sp³-hybridized carbons (Fsp3) is 0.600. The summed E-state index contributed by atoms with van der Waals surface area (Å²) >= 11 is 0. The molecule has 268 valence electrons. The van der Waals surface area contributed by atoms with E-state index in [1.165, 1.54) is 7.11 Å². The molecular weight excluding hydrogens is 624 g/mol. The zero-order valence-electron chi connectivity index (χ0n) is 28.7. The SMILES string of the molecule is C=CC(=O)OCCOCC(COC)(COCCOC(=O)C=C)COCCOC(=O)CCN1CCN(C(=O)C(C)c2ccc(C)cc2)CC1.